The Morgan fingerprint density at radius 2 is 1.86 bits per heavy atom. The summed E-state index contributed by atoms with van der Waals surface area (Å²) in [6, 6.07) is 8.94. The van der Waals surface area contributed by atoms with Crippen LogP contribution in [0.15, 0.2) is 29.2 Å². The van der Waals surface area contributed by atoms with Crippen LogP contribution < -0.4 is 5.32 Å². The van der Waals surface area contributed by atoms with Gasteiger partial charge in [0.2, 0.25) is 0 Å². The zero-order valence-corrected chi connectivity index (χ0v) is 9.82. The number of nitrogens with one attached hydrogen (secondary N) is 1. The Labute approximate surface area is 90.3 Å². The van der Waals surface area contributed by atoms with Crippen molar-refractivity contribution in [3.05, 3.63) is 29.8 Å². The molecule has 76 valence electrons. The third-order valence-electron chi connectivity index (χ3n) is 2.57. The van der Waals surface area contributed by atoms with Crippen LogP contribution in [-0.4, -0.2) is 11.8 Å². The lowest BCUT2D eigenvalue weighted by Crippen LogP contribution is -2.05. The molecule has 1 unspecified atom stereocenters. The topological polar surface area (TPSA) is 21.9 Å². The molecule has 2 heteroatoms. The minimum atomic E-state index is 0.265. The van der Waals surface area contributed by atoms with Gasteiger partial charge in [0.15, 0.2) is 0 Å². The molecule has 0 spiro atoms. The molecule has 1 fully saturated rings. The highest BCUT2D eigenvalue weighted by Crippen LogP contribution is 2.31. The van der Waals surface area contributed by atoms with E-state index in [4.69, 9.17) is 0 Å². The van der Waals surface area contributed by atoms with Gasteiger partial charge in [0.05, 0.1) is 5.54 Å². The second-order valence-electron chi connectivity index (χ2n) is 4.38. The van der Waals surface area contributed by atoms with E-state index in [0.717, 1.165) is 6.54 Å². The van der Waals surface area contributed by atoms with Gasteiger partial charge >= 0.3 is 0 Å². The van der Waals surface area contributed by atoms with E-state index in [-0.39, 0.29) is 5.54 Å². The van der Waals surface area contributed by atoms with Gasteiger partial charge in [0.1, 0.15) is 0 Å². The van der Waals surface area contributed by atoms with Crippen LogP contribution in [-0.2, 0) is 5.54 Å². The van der Waals surface area contributed by atoms with Crippen molar-refractivity contribution in [1.82, 2.24) is 5.32 Å². The molecule has 0 amide bonds. The minimum absolute atomic E-state index is 0.265. The van der Waals surface area contributed by atoms with E-state index in [2.05, 4.69) is 50.4 Å². The summed E-state index contributed by atoms with van der Waals surface area (Å²) in [7, 11) is 0. The lowest BCUT2D eigenvalue weighted by Gasteiger charge is -2.09. The van der Waals surface area contributed by atoms with Crippen molar-refractivity contribution >= 4 is 11.8 Å². The quantitative estimate of drug-likeness (QED) is 0.608. The first-order chi connectivity index (χ1) is 6.60. The highest BCUT2D eigenvalue weighted by molar-refractivity contribution is 7.99. The molecule has 1 aromatic rings. The van der Waals surface area contributed by atoms with Crippen LogP contribution in [0.2, 0.25) is 0 Å². The Morgan fingerprint density at radius 3 is 2.29 bits per heavy atom. The zero-order chi connectivity index (χ0) is 10.2. The van der Waals surface area contributed by atoms with E-state index in [1.807, 2.05) is 11.8 Å². The summed E-state index contributed by atoms with van der Waals surface area (Å²) < 4.78 is 0. The predicted octanol–water partition coefficient (Wildman–Crippen LogP) is 3.01. The van der Waals surface area contributed by atoms with Crippen molar-refractivity contribution in [1.29, 1.82) is 0 Å². The lowest BCUT2D eigenvalue weighted by molar-refractivity contribution is 0.763. The highest BCUT2D eigenvalue weighted by Gasteiger charge is 2.37. The number of hydrogen-bond donors (Lipinski definition) is 1. The SMILES string of the molecule is CC(C)Sc1ccc(C2(C)CN2)cc1. The molecule has 1 N–H and O–H groups in total. The van der Waals surface area contributed by atoms with Gasteiger partial charge in [0.25, 0.3) is 0 Å². The van der Waals surface area contributed by atoms with Crippen LogP contribution in [0.3, 0.4) is 0 Å². The number of hydrogen-bond acceptors (Lipinski definition) is 2. The van der Waals surface area contributed by atoms with Crippen LogP contribution in [0.5, 0.6) is 0 Å². The molecule has 1 saturated heterocycles. The first-order valence-corrected chi connectivity index (χ1v) is 6.00. The van der Waals surface area contributed by atoms with E-state index in [0.29, 0.717) is 5.25 Å². The van der Waals surface area contributed by atoms with Crippen molar-refractivity contribution in [2.45, 2.75) is 36.5 Å². The molecule has 0 aromatic heterocycles. The van der Waals surface area contributed by atoms with E-state index in [9.17, 15) is 0 Å². The number of thioether (sulfide) groups is 1. The smallest absolute Gasteiger partial charge is 0.0533 e. The molecule has 1 aliphatic rings. The highest BCUT2D eigenvalue weighted by atomic mass is 32.2. The van der Waals surface area contributed by atoms with Crippen LogP contribution in [0.25, 0.3) is 0 Å². The Bertz CT molecular complexity index is 312. The van der Waals surface area contributed by atoms with Gasteiger partial charge in [-0.3, -0.25) is 0 Å². The summed E-state index contributed by atoms with van der Waals surface area (Å²) >= 11 is 1.92. The van der Waals surface area contributed by atoms with Gasteiger partial charge < -0.3 is 5.32 Å². The fourth-order valence-electron chi connectivity index (χ4n) is 1.51. The maximum Gasteiger partial charge on any atom is 0.0533 e. The van der Waals surface area contributed by atoms with Crippen molar-refractivity contribution in [2.75, 3.05) is 6.54 Å². The normalized spacial score (nSPS) is 25.4. The van der Waals surface area contributed by atoms with Crippen LogP contribution >= 0.6 is 11.8 Å². The van der Waals surface area contributed by atoms with E-state index in [1.54, 1.807) is 0 Å². The summed E-state index contributed by atoms with van der Waals surface area (Å²) in [6.45, 7) is 7.81. The first kappa shape index (κ1) is 10.1. The van der Waals surface area contributed by atoms with Crippen molar-refractivity contribution in [2.24, 2.45) is 0 Å². The molecule has 1 heterocycles. The van der Waals surface area contributed by atoms with Crippen molar-refractivity contribution < 1.29 is 0 Å². The molecular formula is C12H17NS. The molecule has 2 rings (SSSR count). The van der Waals surface area contributed by atoms with Gasteiger partial charge in [-0.1, -0.05) is 26.0 Å². The Morgan fingerprint density at radius 1 is 1.29 bits per heavy atom. The van der Waals surface area contributed by atoms with E-state index >= 15 is 0 Å². The summed E-state index contributed by atoms with van der Waals surface area (Å²) in [6.07, 6.45) is 0. The van der Waals surface area contributed by atoms with Gasteiger partial charge in [-0.25, -0.2) is 0 Å². The first-order valence-electron chi connectivity index (χ1n) is 5.12. The minimum Gasteiger partial charge on any atom is -0.304 e. The summed E-state index contributed by atoms with van der Waals surface area (Å²) in [5.74, 6) is 0. The third-order valence-corrected chi connectivity index (χ3v) is 3.59. The second-order valence-corrected chi connectivity index (χ2v) is 6.03. The average Bonchev–Trinajstić information content (AvgIpc) is 2.85. The Balaban J connectivity index is 2.10. The maximum absolute atomic E-state index is 3.38. The van der Waals surface area contributed by atoms with Gasteiger partial charge in [-0.05, 0) is 24.6 Å². The van der Waals surface area contributed by atoms with E-state index < -0.39 is 0 Å². The van der Waals surface area contributed by atoms with Crippen LogP contribution in [0.4, 0.5) is 0 Å². The summed E-state index contributed by atoms with van der Waals surface area (Å²) in [4.78, 5) is 1.37. The molecule has 1 nitrogen and oxygen atoms in total. The number of benzene rings is 1. The van der Waals surface area contributed by atoms with Crippen LogP contribution in [0, 0.1) is 0 Å². The third kappa shape index (κ3) is 2.12. The molecule has 1 aliphatic heterocycles. The standard InChI is InChI=1S/C12H17NS/c1-9(2)14-11-6-4-10(5-7-11)12(3)8-13-12/h4-7,9,13H,8H2,1-3H3. The average molecular weight is 207 g/mol. The van der Waals surface area contributed by atoms with Crippen molar-refractivity contribution in [3.63, 3.8) is 0 Å². The van der Waals surface area contributed by atoms with Crippen LogP contribution in [0.1, 0.15) is 26.3 Å². The van der Waals surface area contributed by atoms with Gasteiger partial charge in [-0.15, -0.1) is 11.8 Å². The molecule has 0 saturated carbocycles. The monoisotopic (exact) mass is 207 g/mol. The molecule has 0 radical (unpaired) electrons. The van der Waals surface area contributed by atoms with E-state index in [1.165, 1.54) is 10.5 Å². The fourth-order valence-corrected chi connectivity index (χ4v) is 2.35. The second kappa shape index (κ2) is 3.59. The largest absolute Gasteiger partial charge is 0.304 e. The Hall–Kier alpha value is -0.470. The molecule has 1 atom stereocenters. The molecule has 0 bridgehead atoms. The molecule has 1 aromatic carbocycles. The number of rotatable bonds is 3. The summed E-state index contributed by atoms with van der Waals surface area (Å²) in [5, 5.41) is 4.04. The van der Waals surface area contributed by atoms with Gasteiger partial charge in [-0.2, -0.15) is 0 Å². The maximum atomic E-state index is 3.38. The summed E-state index contributed by atoms with van der Waals surface area (Å²) in [5.41, 5.74) is 1.67. The van der Waals surface area contributed by atoms with Crippen molar-refractivity contribution in [3.8, 4) is 0 Å². The molecular weight excluding hydrogens is 190 g/mol. The lowest BCUT2D eigenvalue weighted by atomic mass is 10.0. The van der Waals surface area contributed by atoms with Gasteiger partial charge in [0, 0.05) is 16.7 Å². The zero-order valence-electron chi connectivity index (χ0n) is 9.00. The predicted molar refractivity (Wildman–Crippen MR) is 62.8 cm³/mol. The fraction of sp³-hybridized carbons (Fsp3) is 0.500. The Kier molecular flexibility index (Phi) is 2.58. The molecule has 0 aliphatic carbocycles. The molecule has 14 heavy (non-hydrogen) atoms.